The molecule has 0 aliphatic rings. The highest BCUT2D eigenvalue weighted by Crippen LogP contribution is 2.26. The van der Waals surface area contributed by atoms with Crippen molar-refractivity contribution in [1.82, 2.24) is 0 Å². The molecule has 0 atom stereocenters. The number of benzene rings is 1. The molecule has 13 heavy (non-hydrogen) atoms. The highest BCUT2D eigenvalue weighted by molar-refractivity contribution is 5.37. The van der Waals surface area contributed by atoms with Crippen molar-refractivity contribution in [2.75, 3.05) is 0 Å². The molecule has 0 nitrogen and oxygen atoms in total. The van der Waals surface area contributed by atoms with E-state index in [9.17, 15) is 0 Å². The van der Waals surface area contributed by atoms with Crippen molar-refractivity contribution in [2.45, 2.75) is 47.5 Å². The predicted octanol–water partition coefficient (Wildman–Crippen LogP) is 4.24. The van der Waals surface area contributed by atoms with Crippen LogP contribution in [0.4, 0.5) is 0 Å². The maximum absolute atomic E-state index is 2.26. The molecule has 1 aromatic carbocycles. The predicted molar refractivity (Wildman–Crippen MR) is 61.3 cm³/mol. The van der Waals surface area contributed by atoms with Crippen molar-refractivity contribution in [3.05, 3.63) is 34.9 Å². The number of hydrogen-bond acceptors (Lipinski definition) is 0. The van der Waals surface area contributed by atoms with Crippen LogP contribution in [-0.4, -0.2) is 0 Å². The van der Waals surface area contributed by atoms with Crippen LogP contribution in [0.25, 0.3) is 0 Å². The van der Waals surface area contributed by atoms with Crippen LogP contribution in [0.15, 0.2) is 18.2 Å². The van der Waals surface area contributed by atoms with E-state index in [2.05, 4.69) is 52.8 Å². The SMILES string of the molecule is C.Cc1cccc(C(C)(C)C)c1C. The molecule has 0 heterocycles. The topological polar surface area (TPSA) is 0 Å². The molecule has 0 N–H and O–H groups in total. The van der Waals surface area contributed by atoms with E-state index in [-0.39, 0.29) is 12.8 Å². The number of aryl methyl sites for hydroxylation is 1. The van der Waals surface area contributed by atoms with Gasteiger partial charge in [0.15, 0.2) is 0 Å². The Balaban J connectivity index is 0.00000144. The summed E-state index contributed by atoms with van der Waals surface area (Å²) in [4.78, 5) is 0. The summed E-state index contributed by atoms with van der Waals surface area (Å²) < 4.78 is 0. The molecular formula is C13H22. The van der Waals surface area contributed by atoms with Gasteiger partial charge in [-0.3, -0.25) is 0 Å². The van der Waals surface area contributed by atoms with Crippen molar-refractivity contribution in [3.8, 4) is 0 Å². The summed E-state index contributed by atoms with van der Waals surface area (Å²) in [6.07, 6.45) is 0. The molecule has 0 aliphatic carbocycles. The Morgan fingerprint density at radius 3 is 1.92 bits per heavy atom. The lowest BCUT2D eigenvalue weighted by Crippen LogP contribution is -2.13. The molecule has 0 saturated heterocycles. The van der Waals surface area contributed by atoms with Crippen molar-refractivity contribution in [1.29, 1.82) is 0 Å². The molecule has 0 bridgehead atoms. The fraction of sp³-hybridized carbons (Fsp3) is 0.538. The minimum atomic E-state index is 0. The second-order valence-electron chi connectivity index (χ2n) is 4.50. The number of rotatable bonds is 0. The fourth-order valence-corrected chi connectivity index (χ4v) is 1.56. The minimum absolute atomic E-state index is 0. The largest absolute Gasteiger partial charge is 0.0776 e. The molecule has 0 spiro atoms. The zero-order chi connectivity index (χ0) is 9.35. The van der Waals surface area contributed by atoms with Gasteiger partial charge in [-0.25, -0.2) is 0 Å². The molecule has 0 aliphatic heterocycles. The van der Waals surface area contributed by atoms with Crippen LogP contribution < -0.4 is 0 Å². The maximum atomic E-state index is 2.26. The molecule has 0 saturated carbocycles. The molecule has 1 aromatic rings. The molecule has 0 fully saturated rings. The van der Waals surface area contributed by atoms with Crippen LogP contribution in [0.2, 0.25) is 0 Å². The van der Waals surface area contributed by atoms with E-state index < -0.39 is 0 Å². The van der Waals surface area contributed by atoms with E-state index in [0.29, 0.717) is 0 Å². The third-order valence-electron chi connectivity index (χ3n) is 2.41. The van der Waals surface area contributed by atoms with Crippen molar-refractivity contribution >= 4 is 0 Å². The first-order chi connectivity index (χ1) is 5.43. The summed E-state index contributed by atoms with van der Waals surface area (Å²) >= 11 is 0. The van der Waals surface area contributed by atoms with Crippen LogP contribution in [0.1, 0.15) is 44.9 Å². The second-order valence-corrected chi connectivity index (χ2v) is 4.50. The average Bonchev–Trinajstić information content (AvgIpc) is 1.92. The first kappa shape index (κ1) is 12.2. The van der Waals surface area contributed by atoms with E-state index in [4.69, 9.17) is 0 Å². The summed E-state index contributed by atoms with van der Waals surface area (Å²) in [5.41, 5.74) is 4.56. The molecule has 74 valence electrons. The van der Waals surface area contributed by atoms with E-state index in [0.717, 1.165) is 0 Å². The summed E-state index contributed by atoms with van der Waals surface area (Å²) in [5.74, 6) is 0. The van der Waals surface area contributed by atoms with Gasteiger partial charge in [-0.1, -0.05) is 46.4 Å². The lowest BCUT2D eigenvalue weighted by atomic mass is 9.83. The quantitative estimate of drug-likeness (QED) is 0.557. The Hall–Kier alpha value is -0.780. The molecule has 0 amide bonds. The van der Waals surface area contributed by atoms with Gasteiger partial charge in [-0.05, 0) is 36.0 Å². The molecule has 0 heteroatoms. The lowest BCUT2D eigenvalue weighted by molar-refractivity contribution is 0.585. The molecular weight excluding hydrogens is 156 g/mol. The summed E-state index contributed by atoms with van der Waals surface area (Å²) in [7, 11) is 0. The van der Waals surface area contributed by atoms with Crippen molar-refractivity contribution < 1.29 is 0 Å². The normalized spacial score (nSPS) is 10.8. The molecule has 0 aromatic heterocycles. The third-order valence-corrected chi connectivity index (χ3v) is 2.41. The van der Waals surface area contributed by atoms with Crippen LogP contribution in [-0.2, 0) is 5.41 Å². The van der Waals surface area contributed by atoms with E-state index in [1.54, 1.807) is 0 Å². The van der Waals surface area contributed by atoms with Gasteiger partial charge in [0.1, 0.15) is 0 Å². The average molecular weight is 178 g/mol. The smallest absolute Gasteiger partial charge is 0.0129 e. The van der Waals surface area contributed by atoms with E-state index >= 15 is 0 Å². The van der Waals surface area contributed by atoms with Gasteiger partial charge >= 0.3 is 0 Å². The zero-order valence-electron chi connectivity index (χ0n) is 8.73. The Kier molecular flexibility index (Phi) is 3.71. The lowest BCUT2D eigenvalue weighted by Gasteiger charge is -2.22. The third kappa shape index (κ3) is 2.58. The van der Waals surface area contributed by atoms with E-state index in [1.165, 1.54) is 16.7 Å². The first-order valence-electron chi connectivity index (χ1n) is 4.49. The van der Waals surface area contributed by atoms with Crippen LogP contribution in [0.5, 0.6) is 0 Å². The Bertz CT molecular complexity index is 277. The Morgan fingerprint density at radius 1 is 1.00 bits per heavy atom. The molecule has 0 radical (unpaired) electrons. The van der Waals surface area contributed by atoms with Gasteiger partial charge in [-0.2, -0.15) is 0 Å². The van der Waals surface area contributed by atoms with Crippen LogP contribution >= 0.6 is 0 Å². The standard InChI is InChI=1S/C12H18.CH4/c1-9-7-6-8-11(10(9)2)12(3,4)5;/h6-8H,1-5H3;1H4. The Morgan fingerprint density at radius 2 is 1.54 bits per heavy atom. The molecule has 0 unspecified atom stereocenters. The highest BCUT2D eigenvalue weighted by atomic mass is 14.2. The van der Waals surface area contributed by atoms with Gasteiger partial charge < -0.3 is 0 Å². The molecule has 1 rings (SSSR count). The van der Waals surface area contributed by atoms with Crippen molar-refractivity contribution in [2.24, 2.45) is 0 Å². The minimum Gasteiger partial charge on any atom is -0.0776 e. The van der Waals surface area contributed by atoms with Gasteiger partial charge in [0, 0.05) is 0 Å². The van der Waals surface area contributed by atoms with Gasteiger partial charge in [0.2, 0.25) is 0 Å². The van der Waals surface area contributed by atoms with Gasteiger partial charge in [0.25, 0.3) is 0 Å². The van der Waals surface area contributed by atoms with Crippen molar-refractivity contribution in [3.63, 3.8) is 0 Å². The first-order valence-corrected chi connectivity index (χ1v) is 4.49. The Labute approximate surface area is 83.0 Å². The maximum Gasteiger partial charge on any atom is -0.0129 e. The monoisotopic (exact) mass is 178 g/mol. The van der Waals surface area contributed by atoms with Crippen LogP contribution in [0.3, 0.4) is 0 Å². The van der Waals surface area contributed by atoms with Gasteiger partial charge in [0.05, 0.1) is 0 Å². The van der Waals surface area contributed by atoms with Gasteiger partial charge in [-0.15, -0.1) is 0 Å². The summed E-state index contributed by atoms with van der Waals surface area (Å²) in [5, 5.41) is 0. The van der Waals surface area contributed by atoms with E-state index in [1.807, 2.05) is 0 Å². The highest BCUT2D eigenvalue weighted by Gasteiger charge is 2.15. The summed E-state index contributed by atoms with van der Waals surface area (Å²) in [6.45, 7) is 11.2. The fourth-order valence-electron chi connectivity index (χ4n) is 1.56. The summed E-state index contributed by atoms with van der Waals surface area (Å²) in [6, 6.07) is 6.54. The second kappa shape index (κ2) is 3.95. The zero-order valence-corrected chi connectivity index (χ0v) is 8.73. The number of hydrogen-bond donors (Lipinski definition) is 0. The van der Waals surface area contributed by atoms with Crippen LogP contribution in [0, 0.1) is 13.8 Å².